The van der Waals surface area contributed by atoms with Gasteiger partial charge in [-0.1, -0.05) is 6.07 Å². The van der Waals surface area contributed by atoms with Crippen LogP contribution in [-0.2, 0) is 15.4 Å². The topological polar surface area (TPSA) is 141 Å². The monoisotopic (exact) mass is 437 g/mol. The molecule has 2 bridgehead atoms. The van der Waals surface area contributed by atoms with Gasteiger partial charge in [0.05, 0.1) is 16.8 Å². The lowest BCUT2D eigenvalue weighted by molar-refractivity contribution is -0.0850. The lowest BCUT2D eigenvalue weighted by Crippen LogP contribution is -2.76. The molecule has 3 aliphatic rings. The molecule has 0 atom stereocenters. The molecule has 3 fully saturated rings. The second-order valence-electron chi connectivity index (χ2n) is 8.57. The summed E-state index contributed by atoms with van der Waals surface area (Å²) in [4.78, 5) is 16.7. The van der Waals surface area contributed by atoms with Gasteiger partial charge >= 0.3 is 0 Å². The number of imidazole rings is 1. The molecule has 1 aromatic carbocycles. The van der Waals surface area contributed by atoms with Crippen molar-refractivity contribution in [2.45, 2.75) is 42.0 Å². The summed E-state index contributed by atoms with van der Waals surface area (Å²) in [7, 11) is -3.71. The van der Waals surface area contributed by atoms with Crippen molar-refractivity contribution in [3.63, 3.8) is 0 Å². The van der Waals surface area contributed by atoms with Gasteiger partial charge in [-0.25, -0.2) is 33.1 Å². The molecule has 11 heteroatoms. The van der Waals surface area contributed by atoms with Gasteiger partial charge in [-0.3, -0.25) is 4.40 Å². The molecule has 4 aromatic rings. The van der Waals surface area contributed by atoms with Crippen molar-refractivity contribution in [1.82, 2.24) is 29.1 Å². The van der Waals surface area contributed by atoms with Crippen LogP contribution in [0.25, 0.3) is 17.0 Å². The Morgan fingerprint density at radius 1 is 1.23 bits per heavy atom. The first-order chi connectivity index (χ1) is 14.8. The molecule has 3 aromatic heterocycles. The van der Waals surface area contributed by atoms with E-state index in [0.717, 1.165) is 30.6 Å². The number of aryl methyl sites for hydroxylation is 1. The van der Waals surface area contributed by atoms with E-state index in [1.165, 1.54) is 12.7 Å². The van der Waals surface area contributed by atoms with Crippen molar-refractivity contribution in [1.29, 1.82) is 0 Å². The number of anilines is 1. The Bertz CT molecular complexity index is 1420. The number of fused-ring (bicyclic) bond motifs is 1. The van der Waals surface area contributed by atoms with E-state index in [1.807, 2.05) is 6.92 Å². The Labute approximate surface area is 177 Å². The van der Waals surface area contributed by atoms with E-state index in [9.17, 15) is 8.42 Å². The summed E-state index contributed by atoms with van der Waals surface area (Å²) in [6.45, 7) is 1.90. The van der Waals surface area contributed by atoms with Gasteiger partial charge in [0.2, 0.25) is 21.7 Å². The number of hydrogen-bond donors (Lipinski definition) is 2. The number of nitrogens with one attached hydrogen (secondary N) is 1. The Morgan fingerprint density at radius 3 is 2.74 bits per heavy atom. The number of aromatic nitrogens is 5. The van der Waals surface area contributed by atoms with Crippen molar-refractivity contribution in [3.8, 4) is 11.3 Å². The second kappa shape index (κ2) is 5.89. The standard InChI is InChI=1S/C20H19N7O3S/c1-12-2-3-13(4-14(12)15-6-27-17(21)23-10-24-18(27)25-15)31(28,29)26-20-7-19(8-20,9-20)16-5-22-11-30-16/h2-6,10-11,26H,7-9H2,1H3,(H2,21,23,24,25). The zero-order valence-corrected chi connectivity index (χ0v) is 17.4. The van der Waals surface area contributed by atoms with Gasteiger partial charge in [0, 0.05) is 22.7 Å². The van der Waals surface area contributed by atoms with Crippen LogP contribution in [0.3, 0.4) is 0 Å². The van der Waals surface area contributed by atoms with E-state index in [-0.39, 0.29) is 16.3 Å². The predicted molar refractivity (Wildman–Crippen MR) is 110 cm³/mol. The fraction of sp³-hybridized carbons (Fsp3) is 0.300. The molecule has 3 N–H and O–H groups in total. The molecule has 10 nitrogen and oxygen atoms in total. The first-order valence-electron chi connectivity index (χ1n) is 9.79. The molecule has 0 saturated heterocycles. The lowest BCUT2D eigenvalue weighted by Gasteiger charge is -2.69. The fourth-order valence-corrected chi connectivity index (χ4v) is 6.41. The first kappa shape index (κ1) is 18.5. The highest BCUT2D eigenvalue weighted by atomic mass is 32.2. The minimum Gasteiger partial charge on any atom is -0.448 e. The maximum Gasteiger partial charge on any atom is 0.241 e. The van der Waals surface area contributed by atoms with Crippen LogP contribution in [-0.4, -0.2) is 38.3 Å². The summed E-state index contributed by atoms with van der Waals surface area (Å²) in [6.07, 6.45) is 8.34. The molecule has 0 aliphatic heterocycles. The number of benzene rings is 1. The number of nitrogen functional groups attached to an aromatic ring is 1. The van der Waals surface area contributed by atoms with Crippen LogP contribution in [0.5, 0.6) is 0 Å². The molecule has 0 unspecified atom stereocenters. The summed E-state index contributed by atoms with van der Waals surface area (Å²) in [5.41, 5.74) is 7.56. The molecule has 0 spiro atoms. The first-order valence-corrected chi connectivity index (χ1v) is 11.3. The van der Waals surface area contributed by atoms with Crippen LogP contribution in [0.4, 0.5) is 5.95 Å². The Hall–Kier alpha value is -3.31. The third kappa shape index (κ3) is 2.63. The minimum absolute atomic E-state index is 0.0744. The number of oxazole rings is 1. The van der Waals surface area contributed by atoms with Crippen LogP contribution in [0, 0.1) is 6.92 Å². The summed E-state index contributed by atoms with van der Waals surface area (Å²) in [5.74, 6) is 1.50. The molecule has 158 valence electrons. The van der Waals surface area contributed by atoms with E-state index in [0.29, 0.717) is 17.0 Å². The lowest BCUT2D eigenvalue weighted by atomic mass is 9.39. The predicted octanol–water partition coefficient (Wildman–Crippen LogP) is 1.82. The van der Waals surface area contributed by atoms with Crippen LogP contribution in [0.15, 0.2) is 52.6 Å². The van der Waals surface area contributed by atoms with Crippen molar-refractivity contribution in [3.05, 3.63) is 54.6 Å². The molecule has 3 saturated carbocycles. The van der Waals surface area contributed by atoms with Gasteiger partial charge in [-0.05, 0) is 43.9 Å². The van der Waals surface area contributed by atoms with Gasteiger partial charge in [0.25, 0.3) is 0 Å². The van der Waals surface area contributed by atoms with Crippen LogP contribution < -0.4 is 10.5 Å². The third-order valence-electron chi connectivity index (χ3n) is 6.43. The summed E-state index contributed by atoms with van der Waals surface area (Å²) in [6, 6.07) is 5.03. The van der Waals surface area contributed by atoms with Crippen molar-refractivity contribution in [2.75, 3.05) is 5.73 Å². The number of nitrogens with two attached hydrogens (primary N) is 1. The molecule has 3 aliphatic carbocycles. The summed E-state index contributed by atoms with van der Waals surface area (Å²) < 4.78 is 36.2. The van der Waals surface area contributed by atoms with Gasteiger partial charge < -0.3 is 10.2 Å². The quantitative estimate of drug-likeness (QED) is 0.482. The third-order valence-corrected chi connectivity index (χ3v) is 8.01. The zero-order chi connectivity index (χ0) is 21.4. The highest BCUT2D eigenvalue weighted by Gasteiger charge is 2.71. The maximum atomic E-state index is 13.2. The van der Waals surface area contributed by atoms with Crippen molar-refractivity contribution in [2.24, 2.45) is 0 Å². The van der Waals surface area contributed by atoms with E-state index in [2.05, 4.69) is 24.7 Å². The Kier molecular flexibility index (Phi) is 3.51. The highest BCUT2D eigenvalue weighted by Crippen LogP contribution is 2.68. The van der Waals surface area contributed by atoms with E-state index in [4.69, 9.17) is 10.2 Å². The number of nitrogens with zero attached hydrogens (tertiary/aromatic N) is 5. The fourth-order valence-electron chi connectivity index (χ4n) is 4.99. The highest BCUT2D eigenvalue weighted by molar-refractivity contribution is 7.89. The summed E-state index contributed by atoms with van der Waals surface area (Å²) >= 11 is 0. The molecule has 0 radical (unpaired) electrons. The normalized spacial score (nSPS) is 24.7. The number of hydrogen-bond acceptors (Lipinski definition) is 8. The van der Waals surface area contributed by atoms with Gasteiger partial charge in [-0.2, -0.15) is 0 Å². The Morgan fingerprint density at radius 2 is 2.03 bits per heavy atom. The van der Waals surface area contributed by atoms with Crippen LogP contribution in [0.1, 0.15) is 30.6 Å². The molecule has 3 heterocycles. The maximum absolute atomic E-state index is 13.2. The van der Waals surface area contributed by atoms with Gasteiger partial charge in [-0.15, -0.1) is 0 Å². The Balaban J connectivity index is 1.30. The van der Waals surface area contributed by atoms with Crippen LogP contribution in [0.2, 0.25) is 0 Å². The number of sulfonamides is 1. The van der Waals surface area contributed by atoms with E-state index < -0.39 is 15.6 Å². The largest absolute Gasteiger partial charge is 0.448 e. The molecule has 31 heavy (non-hydrogen) atoms. The van der Waals surface area contributed by atoms with Gasteiger partial charge in [0.1, 0.15) is 12.1 Å². The molecular formula is C20H19N7O3S. The number of rotatable bonds is 5. The SMILES string of the molecule is Cc1ccc(S(=O)(=O)NC23CC(c4cnco4)(C2)C3)cc1-c1cn2c(N)ncnc2n1. The van der Waals surface area contributed by atoms with Crippen LogP contribution >= 0.6 is 0 Å². The smallest absolute Gasteiger partial charge is 0.241 e. The average Bonchev–Trinajstić information content (AvgIpc) is 3.34. The van der Waals surface area contributed by atoms with E-state index >= 15 is 0 Å². The van der Waals surface area contributed by atoms with E-state index in [1.54, 1.807) is 35.0 Å². The average molecular weight is 437 g/mol. The second-order valence-corrected chi connectivity index (χ2v) is 10.2. The molecule has 0 amide bonds. The van der Waals surface area contributed by atoms with Gasteiger partial charge in [0.15, 0.2) is 6.39 Å². The molecule has 7 rings (SSSR count). The van der Waals surface area contributed by atoms with Crippen molar-refractivity contribution < 1.29 is 12.8 Å². The summed E-state index contributed by atoms with van der Waals surface area (Å²) in [5, 5.41) is 0. The minimum atomic E-state index is -3.71. The van der Waals surface area contributed by atoms with Crippen molar-refractivity contribution >= 4 is 21.7 Å². The molecular weight excluding hydrogens is 418 g/mol. The zero-order valence-electron chi connectivity index (χ0n) is 16.6.